The van der Waals surface area contributed by atoms with E-state index in [-0.39, 0.29) is 0 Å². The molecule has 92 valence electrons. The van der Waals surface area contributed by atoms with Gasteiger partial charge in [-0.2, -0.15) is 0 Å². The quantitative estimate of drug-likeness (QED) is 0.643. The van der Waals surface area contributed by atoms with Crippen molar-refractivity contribution in [1.82, 2.24) is 4.90 Å². The second-order valence-electron chi connectivity index (χ2n) is 4.16. The third-order valence-corrected chi connectivity index (χ3v) is 2.44. The number of guanidine groups is 1. The van der Waals surface area contributed by atoms with Crippen molar-refractivity contribution in [2.24, 2.45) is 4.99 Å². The normalized spacial score (nSPS) is 11.1. The number of nitrogens with zero attached hydrogens (tertiary/aromatic N) is 2. The molecule has 2 aromatic carbocycles. The molecule has 0 saturated carbocycles. The second-order valence-corrected chi connectivity index (χ2v) is 4.16. The minimum Gasteiger partial charge on any atom is -0.349 e. The molecule has 18 heavy (non-hydrogen) atoms. The highest BCUT2D eigenvalue weighted by Gasteiger charge is 2.02. The van der Waals surface area contributed by atoms with E-state index in [0.717, 1.165) is 17.3 Å². The summed E-state index contributed by atoms with van der Waals surface area (Å²) in [5, 5.41) is 3.30. The van der Waals surface area contributed by atoms with Gasteiger partial charge in [0.15, 0.2) is 0 Å². The van der Waals surface area contributed by atoms with E-state index >= 15 is 0 Å². The van der Waals surface area contributed by atoms with Gasteiger partial charge >= 0.3 is 0 Å². The number of nitrogens with one attached hydrogen (secondary N) is 1. The maximum atomic E-state index is 4.58. The highest BCUT2D eigenvalue weighted by atomic mass is 15.3. The van der Waals surface area contributed by atoms with Crippen LogP contribution in [0.3, 0.4) is 0 Å². The van der Waals surface area contributed by atoms with Crippen LogP contribution >= 0.6 is 0 Å². The van der Waals surface area contributed by atoms with Crippen molar-refractivity contribution < 1.29 is 0 Å². The van der Waals surface area contributed by atoms with Crippen LogP contribution in [0.25, 0.3) is 0 Å². The minimum absolute atomic E-state index is 0.812. The smallest absolute Gasteiger partial charge is 0.203 e. The Morgan fingerprint density at radius 1 is 0.889 bits per heavy atom. The van der Waals surface area contributed by atoms with Crippen molar-refractivity contribution >= 4 is 17.3 Å². The molecule has 0 aliphatic heterocycles. The number of rotatable bonds is 2. The van der Waals surface area contributed by atoms with Crippen LogP contribution in [0.15, 0.2) is 65.7 Å². The molecule has 3 nitrogen and oxygen atoms in total. The van der Waals surface area contributed by atoms with Crippen LogP contribution in [0.4, 0.5) is 11.4 Å². The molecule has 1 N–H and O–H groups in total. The molecule has 0 aliphatic rings. The molecule has 0 radical (unpaired) electrons. The number of para-hydroxylation sites is 2. The third-order valence-electron chi connectivity index (χ3n) is 2.44. The molecule has 0 aliphatic carbocycles. The molecular weight excluding hydrogens is 222 g/mol. The average Bonchev–Trinajstić information content (AvgIpc) is 2.40. The first kappa shape index (κ1) is 12.2. The summed E-state index contributed by atoms with van der Waals surface area (Å²) in [6, 6.07) is 19.9. The zero-order valence-corrected chi connectivity index (χ0v) is 10.7. The van der Waals surface area contributed by atoms with E-state index < -0.39 is 0 Å². The fourth-order valence-electron chi connectivity index (χ4n) is 1.52. The monoisotopic (exact) mass is 239 g/mol. The van der Waals surface area contributed by atoms with Gasteiger partial charge in [-0.25, -0.2) is 4.99 Å². The van der Waals surface area contributed by atoms with E-state index in [1.165, 1.54) is 0 Å². The summed E-state index contributed by atoms with van der Waals surface area (Å²) in [5.41, 5.74) is 1.96. The molecule has 0 atom stereocenters. The van der Waals surface area contributed by atoms with Gasteiger partial charge in [0.2, 0.25) is 5.96 Å². The van der Waals surface area contributed by atoms with Crippen molar-refractivity contribution in [3.05, 3.63) is 60.7 Å². The zero-order valence-electron chi connectivity index (χ0n) is 10.7. The Morgan fingerprint density at radius 3 is 2.00 bits per heavy atom. The van der Waals surface area contributed by atoms with Gasteiger partial charge < -0.3 is 10.2 Å². The van der Waals surface area contributed by atoms with Gasteiger partial charge in [-0.1, -0.05) is 36.4 Å². The predicted octanol–water partition coefficient (Wildman–Crippen LogP) is 3.35. The van der Waals surface area contributed by atoms with E-state index in [0.29, 0.717) is 0 Å². The van der Waals surface area contributed by atoms with Gasteiger partial charge in [0, 0.05) is 19.8 Å². The van der Waals surface area contributed by atoms with Crippen LogP contribution < -0.4 is 5.32 Å². The lowest BCUT2D eigenvalue weighted by molar-refractivity contribution is 0.621. The SMILES string of the molecule is CN(C)C(=Nc1ccccc1)Nc1ccccc1. The molecule has 0 bridgehead atoms. The van der Waals surface area contributed by atoms with Crippen molar-refractivity contribution in [3.63, 3.8) is 0 Å². The molecule has 0 saturated heterocycles. The minimum atomic E-state index is 0.812. The lowest BCUT2D eigenvalue weighted by Gasteiger charge is -2.17. The lowest BCUT2D eigenvalue weighted by atomic mass is 10.3. The molecule has 0 fully saturated rings. The number of hydrogen-bond donors (Lipinski definition) is 1. The molecule has 0 amide bonds. The molecule has 0 spiro atoms. The maximum absolute atomic E-state index is 4.58. The first-order chi connectivity index (χ1) is 8.75. The Labute approximate surface area is 108 Å². The zero-order chi connectivity index (χ0) is 12.8. The molecular formula is C15H17N3. The molecule has 2 rings (SSSR count). The summed E-state index contributed by atoms with van der Waals surface area (Å²) in [5.74, 6) is 0.812. The summed E-state index contributed by atoms with van der Waals surface area (Å²) < 4.78 is 0. The van der Waals surface area contributed by atoms with Crippen LogP contribution in [-0.4, -0.2) is 25.0 Å². The summed E-state index contributed by atoms with van der Waals surface area (Å²) in [6.45, 7) is 0. The van der Waals surface area contributed by atoms with Crippen LogP contribution in [-0.2, 0) is 0 Å². The van der Waals surface area contributed by atoms with Crippen molar-refractivity contribution in [2.75, 3.05) is 19.4 Å². The van der Waals surface area contributed by atoms with Gasteiger partial charge in [-0.3, -0.25) is 0 Å². The van der Waals surface area contributed by atoms with Gasteiger partial charge in [-0.05, 0) is 24.3 Å². The fraction of sp³-hybridized carbons (Fsp3) is 0.133. The lowest BCUT2D eigenvalue weighted by Crippen LogP contribution is -2.29. The Morgan fingerprint density at radius 2 is 1.44 bits per heavy atom. The fourth-order valence-corrected chi connectivity index (χ4v) is 1.52. The number of aliphatic imine (C=N–C) groups is 1. The maximum Gasteiger partial charge on any atom is 0.203 e. The summed E-state index contributed by atoms with van der Waals surface area (Å²) in [6.07, 6.45) is 0. The van der Waals surface area contributed by atoms with Gasteiger partial charge in [0.05, 0.1) is 5.69 Å². The standard InChI is InChI=1S/C15H17N3/c1-18(2)15(16-13-9-5-3-6-10-13)17-14-11-7-4-8-12-14/h3-12H,1-2H3,(H,16,17). The predicted molar refractivity (Wildman–Crippen MR) is 77.3 cm³/mol. The Bertz CT molecular complexity index is 504. The Hall–Kier alpha value is -2.29. The van der Waals surface area contributed by atoms with Gasteiger partial charge in [0.1, 0.15) is 0 Å². The van der Waals surface area contributed by atoms with Crippen LogP contribution in [0.1, 0.15) is 0 Å². The summed E-state index contributed by atoms with van der Waals surface area (Å²) in [7, 11) is 3.94. The average molecular weight is 239 g/mol. The molecule has 0 heterocycles. The van der Waals surface area contributed by atoms with Crippen molar-refractivity contribution in [1.29, 1.82) is 0 Å². The van der Waals surface area contributed by atoms with Crippen molar-refractivity contribution in [2.45, 2.75) is 0 Å². The topological polar surface area (TPSA) is 27.6 Å². The third kappa shape index (κ3) is 3.35. The molecule has 2 aromatic rings. The van der Waals surface area contributed by atoms with E-state index in [1.54, 1.807) is 0 Å². The number of anilines is 1. The highest BCUT2D eigenvalue weighted by molar-refractivity contribution is 5.94. The van der Waals surface area contributed by atoms with Crippen LogP contribution in [0.5, 0.6) is 0 Å². The summed E-state index contributed by atoms with van der Waals surface area (Å²) in [4.78, 5) is 6.54. The largest absolute Gasteiger partial charge is 0.349 e. The first-order valence-electron chi connectivity index (χ1n) is 5.89. The van der Waals surface area contributed by atoms with Gasteiger partial charge in [0.25, 0.3) is 0 Å². The van der Waals surface area contributed by atoms with E-state index in [9.17, 15) is 0 Å². The molecule has 0 aromatic heterocycles. The molecule has 0 unspecified atom stereocenters. The van der Waals surface area contributed by atoms with E-state index in [2.05, 4.69) is 10.3 Å². The first-order valence-corrected chi connectivity index (χ1v) is 5.89. The van der Waals surface area contributed by atoms with Crippen LogP contribution in [0.2, 0.25) is 0 Å². The second kappa shape index (κ2) is 5.87. The molecule has 3 heteroatoms. The Balaban J connectivity index is 2.22. The summed E-state index contributed by atoms with van der Waals surface area (Å²) >= 11 is 0. The van der Waals surface area contributed by atoms with E-state index in [4.69, 9.17) is 0 Å². The van der Waals surface area contributed by atoms with Crippen LogP contribution in [0, 0.1) is 0 Å². The van der Waals surface area contributed by atoms with E-state index in [1.807, 2.05) is 79.7 Å². The number of hydrogen-bond acceptors (Lipinski definition) is 1. The van der Waals surface area contributed by atoms with Gasteiger partial charge in [-0.15, -0.1) is 0 Å². The Kier molecular flexibility index (Phi) is 3.97. The van der Waals surface area contributed by atoms with Crippen molar-refractivity contribution in [3.8, 4) is 0 Å². The number of benzene rings is 2. The highest BCUT2D eigenvalue weighted by Crippen LogP contribution is 2.12.